The predicted molar refractivity (Wildman–Crippen MR) is 84.7 cm³/mol. The zero-order valence-corrected chi connectivity index (χ0v) is 13.8. The molecule has 130 valence electrons. The fourth-order valence-corrected chi connectivity index (χ4v) is 1.92. The van der Waals surface area contributed by atoms with Crippen molar-refractivity contribution >= 4 is 35.1 Å². The number of amides is 2. The number of benzene rings is 1. The molecule has 2 amide bonds. The Labute approximate surface area is 142 Å². The molecule has 0 radical (unpaired) electrons. The third-order valence-corrected chi connectivity index (χ3v) is 3.15. The average Bonchev–Trinajstić information content (AvgIpc) is 2.52. The number of halogens is 1. The van der Waals surface area contributed by atoms with E-state index >= 15 is 0 Å². The van der Waals surface area contributed by atoms with Crippen molar-refractivity contribution in [1.82, 2.24) is 10.6 Å². The minimum Gasteiger partial charge on any atom is -0.452 e. The van der Waals surface area contributed by atoms with Gasteiger partial charge in [-0.3, -0.25) is 19.7 Å². The Kier molecular flexibility index (Phi) is 7.12. The van der Waals surface area contributed by atoms with E-state index in [2.05, 4.69) is 10.6 Å². The predicted octanol–water partition coefficient (Wildman–Crippen LogP) is 1.05. The number of hydrogen-bond donors (Lipinski definition) is 2. The van der Waals surface area contributed by atoms with Gasteiger partial charge < -0.3 is 15.4 Å². The largest absolute Gasteiger partial charge is 0.452 e. The SMILES string of the molecule is CCNC(=O)[C@H](C)NC(=O)COC(=O)c1ccc([N+](=O)[O-])cc1Cl. The summed E-state index contributed by atoms with van der Waals surface area (Å²) in [5.74, 6) is -1.94. The summed E-state index contributed by atoms with van der Waals surface area (Å²) in [6, 6.07) is 2.46. The van der Waals surface area contributed by atoms with Crippen LogP contribution >= 0.6 is 11.6 Å². The third kappa shape index (κ3) is 5.51. The number of nitro groups is 1. The van der Waals surface area contributed by atoms with Crippen LogP contribution in [0.4, 0.5) is 5.69 Å². The Morgan fingerprint density at radius 1 is 1.38 bits per heavy atom. The van der Waals surface area contributed by atoms with Crippen LogP contribution < -0.4 is 10.6 Å². The van der Waals surface area contributed by atoms with Gasteiger partial charge in [0.1, 0.15) is 6.04 Å². The van der Waals surface area contributed by atoms with Gasteiger partial charge in [0.25, 0.3) is 11.6 Å². The third-order valence-electron chi connectivity index (χ3n) is 2.84. The second kappa shape index (κ2) is 8.82. The van der Waals surface area contributed by atoms with E-state index in [4.69, 9.17) is 16.3 Å². The molecule has 0 spiro atoms. The number of non-ortho nitro benzene ring substituents is 1. The van der Waals surface area contributed by atoms with Gasteiger partial charge >= 0.3 is 5.97 Å². The van der Waals surface area contributed by atoms with E-state index in [0.717, 1.165) is 18.2 Å². The first-order chi connectivity index (χ1) is 11.3. The molecule has 1 aromatic carbocycles. The van der Waals surface area contributed by atoms with Crippen LogP contribution in [0.15, 0.2) is 18.2 Å². The summed E-state index contributed by atoms with van der Waals surface area (Å²) in [4.78, 5) is 44.9. The van der Waals surface area contributed by atoms with Crippen molar-refractivity contribution in [3.63, 3.8) is 0 Å². The van der Waals surface area contributed by atoms with E-state index in [0.29, 0.717) is 6.54 Å². The average molecular weight is 358 g/mol. The molecule has 24 heavy (non-hydrogen) atoms. The summed E-state index contributed by atoms with van der Waals surface area (Å²) >= 11 is 5.79. The number of hydrogen-bond acceptors (Lipinski definition) is 6. The van der Waals surface area contributed by atoms with E-state index in [9.17, 15) is 24.5 Å². The molecule has 10 heteroatoms. The molecule has 0 aliphatic carbocycles. The molecule has 1 atom stereocenters. The van der Waals surface area contributed by atoms with E-state index in [1.54, 1.807) is 6.92 Å². The van der Waals surface area contributed by atoms with Gasteiger partial charge in [-0.15, -0.1) is 0 Å². The molecular formula is C14H16ClN3O6. The molecule has 0 aliphatic heterocycles. The Morgan fingerprint density at radius 3 is 2.58 bits per heavy atom. The first kappa shape index (κ1) is 19.4. The lowest BCUT2D eigenvalue weighted by atomic mass is 10.2. The van der Waals surface area contributed by atoms with Crippen LogP contribution in [-0.2, 0) is 14.3 Å². The fraction of sp³-hybridized carbons (Fsp3) is 0.357. The smallest absolute Gasteiger partial charge is 0.340 e. The van der Waals surface area contributed by atoms with Crippen LogP contribution in [0.25, 0.3) is 0 Å². The minimum absolute atomic E-state index is 0.105. The molecule has 9 nitrogen and oxygen atoms in total. The number of carbonyl (C=O) groups excluding carboxylic acids is 3. The second-order valence-electron chi connectivity index (χ2n) is 4.68. The molecule has 0 bridgehead atoms. The van der Waals surface area contributed by atoms with Gasteiger partial charge in [-0.2, -0.15) is 0 Å². The molecule has 0 unspecified atom stereocenters. The standard InChI is InChI=1S/C14H16ClN3O6/c1-3-16-13(20)8(2)17-12(19)7-24-14(21)10-5-4-9(18(22)23)6-11(10)15/h4-6,8H,3,7H2,1-2H3,(H,16,20)(H,17,19)/t8-/m0/s1. The summed E-state index contributed by atoms with van der Waals surface area (Å²) in [5, 5.41) is 15.3. The number of likely N-dealkylation sites (N-methyl/N-ethyl adjacent to an activating group) is 1. The maximum Gasteiger partial charge on any atom is 0.340 e. The van der Waals surface area contributed by atoms with Crippen molar-refractivity contribution in [2.24, 2.45) is 0 Å². The molecule has 0 heterocycles. The summed E-state index contributed by atoms with van der Waals surface area (Å²) in [6.07, 6.45) is 0. The number of nitrogens with zero attached hydrogens (tertiary/aromatic N) is 1. The summed E-state index contributed by atoms with van der Waals surface area (Å²) in [5.41, 5.74) is -0.378. The first-order valence-electron chi connectivity index (χ1n) is 6.94. The van der Waals surface area contributed by atoms with Gasteiger partial charge in [0, 0.05) is 18.7 Å². The minimum atomic E-state index is -0.907. The van der Waals surface area contributed by atoms with Crippen LogP contribution in [0.1, 0.15) is 24.2 Å². The summed E-state index contributed by atoms with van der Waals surface area (Å²) < 4.78 is 4.77. The highest BCUT2D eigenvalue weighted by atomic mass is 35.5. The van der Waals surface area contributed by atoms with Gasteiger partial charge in [-0.05, 0) is 19.9 Å². The van der Waals surface area contributed by atoms with Crippen molar-refractivity contribution in [3.8, 4) is 0 Å². The van der Waals surface area contributed by atoms with Crippen LogP contribution in [0.3, 0.4) is 0 Å². The van der Waals surface area contributed by atoms with Crippen molar-refractivity contribution in [3.05, 3.63) is 38.9 Å². The summed E-state index contributed by atoms with van der Waals surface area (Å²) in [6.45, 7) is 3.03. The zero-order valence-electron chi connectivity index (χ0n) is 13.0. The lowest BCUT2D eigenvalue weighted by Gasteiger charge is -2.13. The number of nitrogens with one attached hydrogen (secondary N) is 2. The number of rotatable bonds is 7. The Hall–Kier alpha value is -2.68. The van der Waals surface area contributed by atoms with Crippen molar-refractivity contribution in [2.45, 2.75) is 19.9 Å². The quantitative estimate of drug-likeness (QED) is 0.426. The van der Waals surface area contributed by atoms with Crippen molar-refractivity contribution in [2.75, 3.05) is 13.2 Å². The number of ether oxygens (including phenoxy) is 1. The van der Waals surface area contributed by atoms with Crippen molar-refractivity contribution < 1.29 is 24.0 Å². The van der Waals surface area contributed by atoms with Crippen LogP contribution in [0, 0.1) is 10.1 Å². The van der Waals surface area contributed by atoms with Crippen molar-refractivity contribution in [1.29, 1.82) is 0 Å². The number of carbonyl (C=O) groups is 3. The Bertz CT molecular complexity index is 664. The molecule has 2 N–H and O–H groups in total. The van der Waals surface area contributed by atoms with E-state index < -0.39 is 29.4 Å². The zero-order chi connectivity index (χ0) is 18.3. The van der Waals surface area contributed by atoms with Gasteiger partial charge in [0.2, 0.25) is 5.91 Å². The summed E-state index contributed by atoms with van der Waals surface area (Å²) in [7, 11) is 0. The molecule has 1 aromatic rings. The highest BCUT2D eigenvalue weighted by Gasteiger charge is 2.19. The van der Waals surface area contributed by atoms with E-state index in [1.165, 1.54) is 6.92 Å². The molecule has 0 aliphatic rings. The maximum absolute atomic E-state index is 11.8. The van der Waals surface area contributed by atoms with Crippen LogP contribution in [-0.4, -0.2) is 41.9 Å². The molecule has 1 rings (SSSR count). The highest BCUT2D eigenvalue weighted by molar-refractivity contribution is 6.33. The van der Waals surface area contributed by atoms with Crippen LogP contribution in [0.5, 0.6) is 0 Å². The number of esters is 1. The lowest BCUT2D eigenvalue weighted by Crippen LogP contribution is -2.46. The molecule has 0 aromatic heterocycles. The Morgan fingerprint density at radius 2 is 2.04 bits per heavy atom. The highest BCUT2D eigenvalue weighted by Crippen LogP contribution is 2.23. The monoisotopic (exact) mass is 357 g/mol. The van der Waals surface area contributed by atoms with E-state index in [1.807, 2.05) is 0 Å². The van der Waals surface area contributed by atoms with Crippen LogP contribution in [0.2, 0.25) is 5.02 Å². The second-order valence-corrected chi connectivity index (χ2v) is 5.09. The fourth-order valence-electron chi connectivity index (χ4n) is 1.67. The van der Waals surface area contributed by atoms with Gasteiger partial charge in [0.15, 0.2) is 6.61 Å². The molecule has 0 saturated heterocycles. The Balaban J connectivity index is 2.58. The maximum atomic E-state index is 11.8. The molecular weight excluding hydrogens is 342 g/mol. The van der Waals surface area contributed by atoms with Gasteiger partial charge in [-0.1, -0.05) is 11.6 Å². The molecule has 0 saturated carbocycles. The normalized spacial score (nSPS) is 11.3. The van der Waals surface area contributed by atoms with E-state index in [-0.39, 0.29) is 22.2 Å². The topological polar surface area (TPSA) is 128 Å². The van der Waals surface area contributed by atoms with Gasteiger partial charge in [-0.25, -0.2) is 4.79 Å². The molecule has 0 fully saturated rings. The lowest BCUT2D eigenvalue weighted by molar-refractivity contribution is -0.384. The van der Waals surface area contributed by atoms with Gasteiger partial charge in [0.05, 0.1) is 15.5 Å². The first-order valence-corrected chi connectivity index (χ1v) is 7.32. The number of nitro benzene ring substituents is 1.